The summed E-state index contributed by atoms with van der Waals surface area (Å²) in [4.78, 5) is 0. The van der Waals surface area contributed by atoms with Crippen molar-refractivity contribution in [3.8, 4) is 0 Å². The molecular formula is C5H7BF3N2-. The van der Waals surface area contributed by atoms with Crippen LogP contribution in [0.1, 0.15) is 5.56 Å². The number of aromatic nitrogens is 2. The lowest BCUT2D eigenvalue weighted by Gasteiger charge is -2.15. The molecule has 1 rings (SSSR count). The zero-order valence-electron chi connectivity index (χ0n) is 6.18. The molecule has 0 radical (unpaired) electrons. The van der Waals surface area contributed by atoms with Crippen LogP contribution in [-0.4, -0.2) is 16.8 Å². The Balaban J connectivity index is 3.21. The fourth-order valence-electron chi connectivity index (χ4n) is 1.03. The summed E-state index contributed by atoms with van der Waals surface area (Å²) in [6, 6.07) is 0. The van der Waals surface area contributed by atoms with Gasteiger partial charge in [0.2, 0.25) is 0 Å². The minimum absolute atomic E-state index is 0.181. The lowest BCUT2D eigenvalue weighted by Crippen LogP contribution is -2.40. The van der Waals surface area contributed by atoms with E-state index in [1.165, 1.54) is 20.2 Å². The van der Waals surface area contributed by atoms with Gasteiger partial charge in [-0.2, -0.15) is 5.10 Å². The quantitative estimate of drug-likeness (QED) is 0.559. The third kappa shape index (κ3) is 1.39. The maximum atomic E-state index is 12.1. The van der Waals surface area contributed by atoms with Gasteiger partial charge in [0.05, 0.1) is 0 Å². The third-order valence-corrected chi connectivity index (χ3v) is 1.49. The van der Waals surface area contributed by atoms with Crippen LogP contribution < -0.4 is 5.59 Å². The maximum absolute atomic E-state index is 12.1. The van der Waals surface area contributed by atoms with E-state index >= 15 is 0 Å². The van der Waals surface area contributed by atoms with Gasteiger partial charge in [-0.15, -0.1) is 0 Å². The van der Waals surface area contributed by atoms with Gasteiger partial charge >= 0.3 is 6.98 Å². The first-order valence-corrected chi connectivity index (χ1v) is 3.11. The van der Waals surface area contributed by atoms with Crippen molar-refractivity contribution in [1.29, 1.82) is 0 Å². The van der Waals surface area contributed by atoms with E-state index in [4.69, 9.17) is 0 Å². The van der Waals surface area contributed by atoms with E-state index in [1.54, 1.807) is 0 Å². The molecule has 1 aromatic heterocycles. The molecular weight excluding hydrogens is 156 g/mol. The third-order valence-electron chi connectivity index (χ3n) is 1.49. The molecule has 0 unspecified atom stereocenters. The summed E-state index contributed by atoms with van der Waals surface area (Å²) >= 11 is 0. The van der Waals surface area contributed by atoms with Gasteiger partial charge in [0.1, 0.15) is 0 Å². The Morgan fingerprint density at radius 1 is 1.45 bits per heavy atom. The first-order chi connectivity index (χ1) is 4.93. The minimum Gasteiger partial charge on any atom is -0.444 e. The Labute approximate surface area is 62.1 Å². The van der Waals surface area contributed by atoms with E-state index in [9.17, 15) is 12.9 Å². The summed E-state index contributed by atoms with van der Waals surface area (Å²) in [6.45, 7) is -3.51. The second-order valence-electron chi connectivity index (χ2n) is 2.41. The van der Waals surface area contributed by atoms with Gasteiger partial charge in [0, 0.05) is 13.2 Å². The normalized spacial score (nSPS) is 12.1. The van der Waals surface area contributed by atoms with Crippen molar-refractivity contribution in [2.24, 2.45) is 7.05 Å². The van der Waals surface area contributed by atoms with Crippen LogP contribution in [-0.2, 0) is 7.05 Å². The second-order valence-corrected chi connectivity index (χ2v) is 2.41. The Morgan fingerprint density at radius 3 is 2.18 bits per heavy atom. The van der Waals surface area contributed by atoms with Crippen LogP contribution in [0, 0.1) is 6.92 Å². The highest BCUT2D eigenvalue weighted by molar-refractivity contribution is 6.73. The standard InChI is InChI=1S/C5H7BF3N2/c1-4-3-10-11(2)5(4)6(7,8)9/h3H,1-2H3/q-1. The molecule has 0 saturated heterocycles. The number of hydrogen-bond acceptors (Lipinski definition) is 1. The molecule has 11 heavy (non-hydrogen) atoms. The SMILES string of the molecule is Cc1cnn(C)c1[B-](F)(F)F. The number of halogens is 3. The van der Waals surface area contributed by atoms with Crippen LogP contribution in [0.5, 0.6) is 0 Å². The lowest BCUT2D eigenvalue weighted by atomic mass is 9.83. The van der Waals surface area contributed by atoms with E-state index in [-0.39, 0.29) is 5.56 Å². The number of nitrogens with zero attached hydrogens (tertiary/aromatic N) is 2. The van der Waals surface area contributed by atoms with Gasteiger partial charge in [-0.25, -0.2) is 0 Å². The molecule has 0 aromatic carbocycles. The topological polar surface area (TPSA) is 17.8 Å². The van der Waals surface area contributed by atoms with Gasteiger partial charge in [0.15, 0.2) is 0 Å². The summed E-state index contributed by atoms with van der Waals surface area (Å²) in [5.74, 6) is 0. The van der Waals surface area contributed by atoms with Gasteiger partial charge in [0.25, 0.3) is 0 Å². The number of rotatable bonds is 1. The Kier molecular flexibility index (Phi) is 1.70. The summed E-state index contributed by atoms with van der Waals surface area (Å²) in [5.41, 5.74) is -0.440. The number of aryl methyl sites for hydroxylation is 2. The van der Waals surface area contributed by atoms with Crippen LogP contribution >= 0.6 is 0 Å². The fourth-order valence-corrected chi connectivity index (χ4v) is 1.03. The highest BCUT2D eigenvalue weighted by Crippen LogP contribution is 2.10. The van der Waals surface area contributed by atoms with E-state index in [1.807, 2.05) is 0 Å². The molecule has 0 N–H and O–H groups in total. The van der Waals surface area contributed by atoms with Crippen molar-refractivity contribution in [1.82, 2.24) is 9.78 Å². The lowest BCUT2D eigenvalue weighted by molar-refractivity contribution is 0.492. The molecule has 1 aromatic rings. The average molecular weight is 163 g/mol. The molecule has 62 valence electrons. The van der Waals surface area contributed by atoms with Crippen molar-refractivity contribution in [3.05, 3.63) is 11.8 Å². The van der Waals surface area contributed by atoms with E-state index in [0.29, 0.717) is 0 Å². The minimum atomic E-state index is -4.91. The first-order valence-electron chi connectivity index (χ1n) is 3.11. The predicted octanol–water partition coefficient (Wildman–Crippen LogP) is 0.783. The van der Waals surface area contributed by atoms with Crippen LogP contribution in [0.4, 0.5) is 12.9 Å². The highest BCUT2D eigenvalue weighted by atomic mass is 19.4. The highest BCUT2D eigenvalue weighted by Gasteiger charge is 2.30. The molecule has 0 bridgehead atoms. The molecule has 2 nitrogen and oxygen atoms in total. The van der Waals surface area contributed by atoms with Crippen molar-refractivity contribution >= 4 is 12.6 Å². The Morgan fingerprint density at radius 2 is 2.00 bits per heavy atom. The smallest absolute Gasteiger partial charge is 0.444 e. The average Bonchev–Trinajstić information content (AvgIpc) is 2.08. The second kappa shape index (κ2) is 2.28. The van der Waals surface area contributed by atoms with Gasteiger partial charge in [-0.1, -0.05) is 0 Å². The van der Waals surface area contributed by atoms with Crippen LogP contribution in [0.15, 0.2) is 6.20 Å². The Bertz CT molecular complexity index is 246. The Hall–Kier alpha value is -0.935. The maximum Gasteiger partial charge on any atom is 0.527 e. The van der Waals surface area contributed by atoms with E-state index in [2.05, 4.69) is 5.10 Å². The summed E-state index contributed by atoms with van der Waals surface area (Å²) in [6.07, 6.45) is 1.21. The molecule has 0 atom stereocenters. The largest absolute Gasteiger partial charge is 0.527 e. The zero-order valence-corrected chi connectivity index (χ0v) is 6.18. The predicted molar refractivity (Wildman–Crippen MR) is 36.7 cm³/mol. The van der Waals surface area contributed by atoms with E-state index < -0.39 is 12.6 Å². The van der Waals surface area contributed by atoms with Crippen molar-refractivity contribution in [2.45, 2.75) is 6.92 Å². The monoisotopic (exact) mass is 163 g/mol. The molecule has 0 aliphatic heterocycles. The first kappa shape index (κ1) is 8.16. The molecule has 0 spiro atoms. The van der Waals surface area contributed by atoms with Crippen LogP contribution in [0.2, 0.25) is 0 Å². The summed E-state index contributed by atoms with van der Waals surface area (Å²) in [5, 5.41) is 3.49. The van der Waals surface area contributed by atoms with Gasteiger partial charge in [-0.05, 0) is 18.1 Å². The van der Waals surface area contributed by atoms with E-state index in [0.717, 1.165) is 4.68 Å². The molecule has 0 aliphatic rings. The summed E-state index contributed by atoms with van der Waals surface area (Å²) < 4.78 is 37.3. The molecule has 6 heteroatoms. The molecule has 0 amide bonds. The number of hydrogen-bond donors (Lipinski definition) is 0. The van der Waals surface area contributed by atoms with Crippen molar-refractivity contribution in [2.75, 3.05) is 0 Å². The van der Waals surface area contributed by atoms with Crippen LogP contribution in [0.25, 0.3) is 0 Å². The fraction of sp³-hybridized carbons (Fsp3) is 0.400. The molecule has 0 saturated carbocycles. The summed E-state index contributed by atoms with van der Waals surface area (Å²) in [7, 11) is 1.29. The molecule has 0 fully saturated rings. The van der Waals surface area contributed by atoms with Gasteiger partial charge in [-0.3, -0.25) is 0 Å². The van der Waals surface area contributed by atoms with Crippen molar-refractivity contribution in [3.63, 3.8) is 0 Å². The molecule has 0 aliphatic carbocycles. The van der Waals surface area contributed by atoms with Crippen molar-refractivity contribution < 1.29 is 12.9 Å². The zero-order chi connectivity index (χ0) is 8.65. The van der Waals surface area contributed by atoms with Gasteiger partial charge < -0.3 is 17.6 Å². The molecule has 1 heterocycles. The van der Waals surface area contributed by atoms with Crippen LogP contribution in [0.3, 0.4) is 0 Å².